The minimum atomic E-state index is -3.86. The van der Waals surface area contributed by atoms with E-state index in [1.54, 1.807) is 45.9 Å². The van der Waals surface area contributed by atoms with E-state index in [-0.39, 0.29) is 35.1 Å². The number of methoxy groups -OCH3 is 1. The van der Waals surface area contributed by atoms with Crippen molar-refractivity contribution >= 4 is 37.3 Å². The van der Waals surface area contributed by atoms with Crippen molar-refractivity contribution in [2.45, 2.75) is 39.0 Å². The third kappa shape index (κ3) is 6.24. The summed E-state index contributed by atoms with van der Waals surface area (Å²) in [7, 11) is -5.99. The number of nitrogens with one attached hydrogen (secondary N) is 2. The Hall–Kier alpha value is -2.63. The zero-order valence-corrected chi connectivity index (χ0v) is 21.1. The van der Waals surface area contributed by atoms with Gasteiger partial charge in [0.2, 0.25) is 20.0 Å². The van der Waals surface area contributed by atoms with E-state index in [1.165, 1.54) is 29.6 Å². The van der Waals surface area contributed by atoms with Crippen LogP contribution in [0.3, 0.4) is 0 Å². The van der Waals surface area contributed by atoms with Gasteiger partial charge < -0.3 is 10.1 Å². The Morgan fingerprint density at radius 2 is 1.64 bits per heavy atom. The molecule has 0 fully saturated rings. The third-order valence-corrected chi connectivity index (χ3v) is 8.62. The number of hydrogen-bond donors (Lipinski definition) is 2. The average Bonchev–Trinajstić information content (AvgIpc) is 2.76. The van der Waals surface area contributed by atoms with Crippen LogP contribution in [0.15, 0.2) is 41.3 Å². The second-order valence-corrected chi connectivity index (χ2v) is 11.1. The predicted molar refractivity (Wildman–Crippen MR) is 130 cm³/mol. The van der Waals surface area contributed by atoms with E-state index >= 15 is 0 Å². The zero-order chi connectivity index (χ0) is 24.8. The quantitative estimate of drug-likeness (QED) is 0.490. The first-order chi connectivity index (χ1) is 15.5. The van der Waals surface area contributed by atoms with Crippen LogP contribution in [0.4, 0.5) is 11.4 Å². The summed E-state index contributed by atoms with van der Waals surface area (Å²) in [6.07, 6.45) is 0.473. The molecule has 33 heavy (non-hydrogen) atoms. The van der Waals surface area contributed by atoms with Gasteiger partial charge in [-0.25, -0.2) is 16.8 Å². The van der Waals surface area contributed by atoms with Gasteiger partial charge >= 0.3 is 0 Å². The van der Waals surface area contributed by atoms with Gasteiger partial charge in [-0.15, -0.1) is 0 Å². The summed E-state index contributed by atoms with van der Waals surface area (Å²) in [4.78, 5) is 12.9. The maximum atomic E-state index is 13.0. The largest absolute Gasteiger partial charge is 0.495 e. The molecule has 0 heterocycles. The van der Waals surface area contributed by atoms with Crippen LogP contribution in [0.2, 0.25) is 0 Å². The second kappa shape index (κ2) is 11.0. The lowest BCUT2D eigenvalue weighted by atomic mass is 10.1. The van der Waals surface area contributed by atoms with Crippen LogP contribution in [0.1, 0.15) is 43.1 Å². The van der Waals surface area contributed by atoms with Crippen LogP contribution in [0.25, 0.3) is 0 Å². The lowest BCUT2D eigenvalue weighted by Crippen LogP contribution is -2.31. The van der Waals surface area contributed by atoms with Crippen LogP contribution in [-0.4, -0.2) is 53.0 Å². The second-order valence-electron chi connectivity index (χ2n) is 7.31. The molecule has 2 aromatic carbocycles. The fourth-order valence-corrected chi connectivity index (χ4v) is 6.12. The van der Waals surface area contributed by atoms with E-state index in [0.29, 0.717) is 23.4 Å². The standard InChI is InChI=1S/C22H31N3O6S2/c1-6-14-32(27,28)24-19-11-9-10-18(16(19)4)23-22(26)17-12-13-20(31-5)21(15-17)33(29,30)25(7-2)8-3/h9-13,15,24H,6-8,14H2,1-5H3,(H,23,26). The molecule has 182 valence electrons. The molecule has 0 unspecified atom stereocenters. The van der Waals surface area contributed by atoms with Crippen molar-refractivity contribution < 1.29 is 26.4 Å². The number of carbonyl (C=O) groups is 1. The molecule has 0 aliphatic heterocycles. The molecular weight excluding hydrogens is 466 g/mol. The van der Waals surface area contributed by atoms with Crippen molar-refractivity contribution in [3.63, 3.8) is 0 Å². The Bertz CT molecular complexity index is 1210. The molecular formula is C22H31N3O6S2. The molecule has 0 aliphatic rings. The van der Waals surface area contributed by atoms with Crippen LogP contribution in [0.5, 0.6) is 5.75 Å². The van der Waals surface area contributed by atoms with Crippen molar-refractivity contribution in [2.24, 2.45) is 0 Å². The predicted octanol–water partition coefficient (Wildman–Crippen LogP) is 3.44. The molecule has 0 atom stereocenters. The maximum Gasteiger partial charge on any atom is 0.255 e. The molecule has 0 saturated heterocycles. The summed E-state index contributed by atoms with van der Waals surface area (Å²) in [5, 5.41) is 2.73. The highest BCUT2D eigenvalue weighted by atomic mass is 32.2. The van der Waals surface area contributed by atoms with Gasteiger partial charge in [0.15, 0.2) is 0 Å². The van der Waals surface area contributed by atoms with Crippen LogP contribution in [-0.2, 0) is 20.0 Å². The van der Waals surface area contributed by atoms with E-state index in [1.807, 2.05) is 0 Å². The number of ether oxygens (including phenoxy) is 1. The first kappa shape index (κ1) is 26.6. The summed E-state index contributed by atoms with van der Waals surface area (Å²) >= 11 is 0. The fourth-order valence-electron chi connectivity index (χ4n) is 3.29. The molecule has 2 N–H and O–H groups in total. The third-order valence-electron chi connectivity index (χ3n) is 5.07. The summed E-state index contributed by atoms with van der Waals surface area (Å²) < 4.78 is 59.4. The highest BCUT2D eigenvalue weighted by Gasteiger charge is 2.27. The normalized spacial score (nSPS) is 11.9. The lowest BCUT2D eigenvalue weighted by molar-refractivity contribution is 0.102. The van der Waals surface area contributed by atoms with E-state index in [9.17, 15) is 21.6 Å². The number of sulfonamides is 2. The number of nitrogens with zero attached hydrogens (tertiary/aromatic N) is 1. The van der Waals surface area contributed by atoms with Gasteiger partial charge in [-0.05, 0) is 49.2 Å². The Balaban J connectivity index is 2.40. The highest BCUT2D eigenvalue weighted by Crippen LogP contribution is 2.29. The molecule has 1 amide bonds. The number of hydrogen-bond acceptors (Lipinski definition) is 6. The van der Waals surface area contributed by atoms with Gasteiger partial charge in [-0.3, -0.25) is 9.52 Å². The van der Waals surface area contributed by atoms with Crippen LogP contribution in [0, 0.1) is 6.92 Å². The molecule has 2 aromatic rings. The minimum Gasteiger partial charge on any atom is -0.495 e. The fraction of sp³-hybridized carbons (Fsp3) is 0.409. The van der Waals surface area contributed by atoms with Crippen molar-refractivity contribution in [1.82, 2.24) is 4.31 Å². The molecule has 2 rings (SSSR count). The monoisotopic (exact) mass is 497 g/mol. The van der Waals surface area contributed by atoms with Gasteiger partial charge in [0.25, 0.3) is 5.91 Å². The lowest BCUT2D eigenvalue weighted by Gasteiger charge is -2.20. The van der Waals surface area contributed by atoms with E-state index in [0.717, 1.165) is 0 Å². The maximum absolute atomic E-state index is 13.0. The SMILES string of the molecule is CCCS(=O)(=O)Nc1cccc(NC(=O)c2ccc(OC)c(S(=O)(=O)N(CC)CC)c2)c1C. The summed E-state index contributed by atoms with van der Waals surface area (Å²) in [5.41, 5.74) is 1.43. The molecule has 0 aromatic heterocycles. The van der Waals surface area contributed by atoms with Gasteiger partial charge in [0, 0.05) is 24.3 Å². The van der Waals surface area contributed by atoms with E-state index in [4.69, 9.17) is 4.74 Å². The number of carbonyl (C=O) groups excluding carboxylic acids is 1. The van der Waals surface area contributed by atoms with Crippen molar-refractivity contribution in [2.75, 3.05) is 36.0 Å². The molecule has 0 radical (unpaired) electrons. The van der Waals surface area contributed by atoms with Crippen molar-refractivity contribution in [3.05, 3.63) is 47.5 Å². The number of rotatable bonds is 11. The Labute approximate surface area is 196 Å². The zero-order valence-electron chi connectivity index (χ0n) is 19.5. The van der Waals surface area contributed by atoms with Gasteiger partial charge in [0.05, 0.1) is 18.6 Å². The van der Waals surface area contributed by atoms with Gasteiger partial charge in [-0.2, -0.15) is 4.31 Å². The first-order valence-corrected chi connectivity index (χ1v) is 13.7. The summed E-state index contributed by atoms with van der Waals surface area (Å²) in [6, 6.07) is 9.07. The molecule has 11 heteroatoms. The van der Waals surface area contributed by atoms with E-state index < -0.39 is 26.0 Å². The Morgan fingerprint density at radius 1 is 1.00 bits per heavy atom. The molecule has 0 spiro atoms. The number of benzene rings is 2. The summed E-state index contributed by atoms with van der Waals surface area (Å²) in [6.45, 7) is 7.47. The van der Waals surface area contributed by atoms with Gasteiger partial charge in [0.1, 0.15) is 10.6 Å². The Kier molecular flexibility index (Phi) is 8.87. The smallest absolute Gasteiger partial charge is 0.255 e. The Morgan fingerprint density at radius 3 is 2.21 bits per heavy atom. The molecule has 0 bridgehead atoms. The first-order valence-electron chi connectivity index (χ1n) is 10.6. The summed E-state index contributed by atoms with van der Waals surface area (Å²) in [5.74, 6) is -0.411. The minimum absolute atomic E-state index is 0.0152. The van der Waals surface area contributed by atoms with Gasteiger partial charge in [-0.1, -0.05) is 26.8 Å². The number of amides is 1. The van der Waals surface area contributed by atoms with Crippen molar-refractivity contribution in [3.8, 4) is 5.75 Å². The van der Waals surface area contributed by atoms with Crippen molar-refractivity contribution in [1.29, 1.82) is 0 Å². The average molecular weight is 498 g/mol. The molecule has 0 saturated carbocycles. The highest BCUT2D eigenvalue weighted by molar-refractivity contribution is 7.92. The molecule has 9 nitrogen and oxygen atoms in total. The van der Waals surface area contributed by atoms with Crippen LogP contribution >= 0.6 is 0 Å². The topological polar surface area (TPSA) is 122 Å². The molecule has 0 aliphatic carbocycles. The number of anilines is 2. The van der Waals surface area contributed by atoms with Crippen LogP contribution < -0.4 is 14.8 Å². The van der Waals surface area contributed by atoms with E-state index in [2.05, 4.69) is 10.0 Å².